The number of amides is 1. The summed E-state index contributed by atoms with van der Waals surface area (Å²) in [5.41, 5.74) is 1.82. The summed E-state index contributed by atoms with van der Waals surface area (Å²) in [7, 11) is 3.10. The minimum absolute atomic E-state index is 0.174. The number of H-pyrrole nitrogens is 1. The third-order valence-corrected chi connectivity index (χ3v) is 6.07. The monoisotopic (exact) mass is 398 g/mol. The predicted molar refractivity (Wildman–Crippen MR) is 109 cm³/mol. The summed E-state index contributed by atoms with van der Waals surface area (Å²) in [6, 6.07) is 5.05. The molecule has 1 aliphatic rings. The maximum Gasteiger partial charge on any atom is 0.261 e. The van der Waals surface area contributed by atoms with Crippen molar-refractivity contribution in [3.63, 3.8) is 0 Å². The number of ether oxygens (including phenoxy) is 1. The zero-order valence-corrected chi connectivity index (χ0v) is 16.7. The maximum absolute atomic E-state index is 12.9. The Morgan fingerprint density at radius 1 is 1.29 bits per heavy atom. The largest absolute Gasteiger partial charge is 0.496 e. The molecule has 1 amide bonds. The van der Waals surface area contributed by atoms with Crippen LogP contribution in [0, 0.1) is 0 Å². The van der Waals surface area contributed by atoms with Crippen molar-refractivity contribution < 1.29 is 9.53 Å². The van der Waals surface area contributed by atoms with Gasteiger partial charge in [0.05, 0.1) is 18.4 Å². The van der Waals surface area contributed by atoms with Crippen molar-refractivity contribution in [3.8, 4) is 17.1 Å². The number of fused-ring (bicyclic) bond motifs is 1. The Balaban J connectivity index is 1.78. The molecule has 0 radical (unpaired) electrons. The standard InChI is InChI=1S/C20H22N4O3S/c1-21-18(25)12-8-9-13(14(10-12)27-2)17-22-19(26)15-16(24-28-20(15)23-17)11-6-4-3-5-7-11/h8-11H,3-7H2,1-2H3,(H,21,25)(H,22,23,26). The van der Waals surface area contributed by atoms with Gasteiger partial charge in [0.2, 0.25) is 0 Å². The lowest BCUT2D eigenvalue weighted by Crippen LogP contribution is -2.18. The number of benzene rings is 1. The van der Waals surface area contributed by atoms with Crippen LogP contribution >= 0.6 is 11.5 Å². The van der Waals surface area contributed by atoms with E-state index in [9.17, 15) is 9.59 Å². The summed E-state index contributed by atoms with van der Waals surface area (Å²) in [5.74, 6) is 1.02. The molecular formula is C20H22N4O3S. The van der Waals surface area contributed by atoms with Gasteiger partial charge in [-0.1, -0.05) is 19.3 Å². The maximum atomic E-state index is 12.9. The second-order valence-electron chi connectivity index (χ2n) is 6.99. The first-order valence-corrected chi connectivity index (χ1v) is 10.2. The Morgan fingerprint density at radius 3 is 2.79 bits per heavy atom. The number of methoxy groups -OCH3 is 1. The highest BCUT2D eigenvalue weighted by atomic mass is 32.1. The Bertz CT molecular complexity index is 1080. The number of nitrogens with one attached hydrogen (secondary N) is 2. The van der Waals surface area contributed by atoms with Crippen LogP contribution in [0.4, 0.5) is 0 Å². The first kappa shape index (κ1) is 18.6. The molecule has 4 rings (SSSR count). The zero-order chi connectivity index (χ0) is 19.7. The lowest BCUT2D eigenvalue weighted by atomic mass is 9.86. The van der Waals surface area contributed by atoms with E-state index in [0.717, 1.165) is 18.5 Å². The molecule has 1 aromatic carbocycles. The molecule has 0 unspecified atom stereocenters. The topological polar surface area (TPSA) is 97.0 Å². The summed E-state index contributed by atoms with van der Waals surface area (Å²) in [5, 5.41) is 3.20. The Kier molecular flexibility index (Phi) is 5.13. The van der Waals surface area contributed by atoms with Crippen molar-refractivity contribution in [3.05, 3.63) is 39.8 Å². The molecule has 0 atom stereocenters. The lowest BCUT2D eigenvalue weighted by molar-refractivity contribution is 0.0963. The van der Waals surface area contributed by atoms with Crippen LogP contribution in [0.3, 0.4) is 0 Å². The molecule has 28 heavy (non-hydrogen) atoms. The van der Waals surface area contributed by atoms with Gasteiger partial charge in [-0.25, -0.2) is 4.98 Å². The molecule has 0 spiro atoms. The number of carbonyl (C=O) groups excluding carboxylic acids is 1. The van der Waals surface area contributed by atoms with Crippen molar-refractivity contribution in [1.82, 2.24) is 19.7 Å². The SMILES string of the molecule is CNC(=O)c1ccc(-c2nc3snc(C4CCCCC4)c3c(=O)[nH]2)c(OC)c1. The molecule has 0 aliphatic heterocycles. The molecule has 2 heterocycles. The van der Waals surface area contributed by atoms with E-state index in [0.29, 0.717) is 38.8 Å². The molecule has 146 valence electrons. The molecular weight excluding hydrogens is 376 g/mol. The third-order valence-electron chi connectivity index (χ3n) is 5.31. The van der Waals surface area contributed by atoms with Crippen molar-refractivity contribution in [1.29, 1.82) is 0 Å². The van der Waals surface area contributed by atoms with Gasteiger partial charge in [0.15, 0.2) is 4.83 Å². The fourth-order valence-corrected chi connectivity index (χ4v) is 4.68. The first-order chi connectivity index (χ1) is 13.6. The van der Waals surface area contributed by atoms with Crippen LogP contribution in [0.1, 0.15) is 54.1 Å². The van der Waals surface area contributed by atoms with Crippen LogP contribution in [0.2, 0.25) is 0 Å². The van der Waals surface area contributed by atoms with Gasteiger partial charge in [0.25, 0.3) is 11.5 Å². The normalized spacial score (nSPS) is 14.9. The Morgan fingerprint density at radius 2 is 2.07 bits per heavy atom. The summed E-state index contributed by atoms with van der Waals surface area (Å²) < 4.78 is 10.0. The fourth-order valence-electron chi connectivity index (χ4n) is 3.84. The van der Waals surface area contributed by atoms with Gasteiger partial charge in [-0.2, -0.15) is 4.37 Å². The van der Waals surface area contributed by atoms with E-state index in [1.165, 1.54) is 37.9 Å². The molecule has 2 N–H and O–H groups in total. The predicted octanol–water partition coefficient (Wildman–Crippen LogP) is 3.46. The number of hydrogen-bond donors (Lipinski definition) is 2. The van der Waals surface area contributed by atoms with Gasteiger partial charge in [-0.3, -0.25) is 9.59 Å². The molecule has 3 aromatic rings. The molecule has 2 aromatic heterocycles. The number of aromatic amines is 1. The molecule has 8 heteroatoms. The summed E-state index contributed by atoms with van der Waals surface area (Å²) >= 11 is 1.27. The smallest absolute Gasteiger partial charge is 0.261 e. The average Bonchev–Trinajstić information content (AvgIpc) is 3.18. The Labute approximate surface area is 166 Å². The van der Waals surface area contributed by atoms with Crippen LogP contribution in [0.15, 0.2) is 23.0 Å². The Hall–Kier alpha value is -2.74. The zero-order valence-electron chi connectivity index (χ0n) is 15.9. The van der Waals surface area contributed by atoms with Gasteiger partial charge < -0.3 is 15.0 Å². The minimum atomic E-state index is -0.207. The first-order valence-electron chi connectivity index (χ1n) is 9.42. The number of aromatic nitrogens is 3. The van der Waals surface area contributed by atoms with E-state index in [-0.39, 0.29) is 11.5 Å². The minimum Gasteiger partial charge on any atom is -0.496 e. The average molecular weight is 398 g/mol. The van der Waals surface area contributed by atoms with E-state index < -0.39 is 0 Å². The van der Waals surface area contributed by atoms with Crippen molar-refractivity contribution >= 4 is 27.7 Å². The number of rotatable bonds is 4. The van der Waals surface area contributed by atoms with Gasteiger partial charge in [0, 0.05) is 18.5 Å². The van der Waals surface area contributed by atoms with E-state index in [1.807, 2.05) is 0 Å². The van der Waals surface area contributed by atoms with Crippen LogP contribution in [0.5, 0.6) is 5.75 Å². The molecule has 7 nitrogen and oxygen atoms in total. The van der Waals surface area contributed by atoms with Gasteiger partial charge in [-0.05, 0) is 42.6 Å². The highest BCUT2D eigenvalue weighted by Crippen LogP contribution is 2.36. The molecule has 1 fully saturated rings. The van der Waals surface area contributed by atoms with Crippen molar-refractivity contribution in [2.45, 2.75) is 38.0 Å². The summed E-state index contributed by atoms with van der Waals surface area (Å²) in [6.45, 7) is 0. The quantitative estimate of drug-likeness (QED) is 0.701. The molecule has 0 saturated heterocycles. The van der Waals surface area contributed by atoms with Gasteiger partial charge in [-0.15, -0.1) is 0 Å². The fraction of sp³-hybridized carbons (Fsp3) is 0.400. The summed E-state index contributed by atoms with van der Waals surface area (Å²) in [4.78, 5) is 32.9. The van der Waals surface area contributed by atoms with E-state index in [2.05, 4.69) is 19.7 Å². The second kappa shape index (κ2) is 7.71. The van der Waals surface area contributed by atoms with Crippen LogP contribution in [0.25, 0.3) is 21.6 Å². The van der Waals surface area contributed by atoms with Crippen LogP contribution in [-0.2, 0) is 0 Å². The van der Waals surface area contributed by atoms with Crippen molar-refractivity contribution in [2.24, 2.45) is 0 Å². The second-order valence-corrected chi connectivity index (χ2v) is 7.74. The van der Waals surface area contributed by atoms with Crippen molar-refractivity contribution in [2.75, 3.05) is 14.2 Å². The third kappa shape index (κ3) is 3.28. The summed E-state index contributed by atoms with van der Waals surface area (Å²) in [6.07, 6.45) is 5.77. The number of hydrogen-bond acceptors (Lipinski definition) is 6. The van der Waals surface area contributed by atoms with E-state index in [4.69, 9.17) is 4.74 Å². The highest BCUT2D eigenvalue weighted by molar-refractivity contribution is 7.12. The molecule has 0 bridgehead atoms. The van der Waals surface area contributed by atoms with Gasteiger partial charge in [0.1, 0.15) is 17.0 Å². The van der Waals surface area contributed by atoms with Crippen LogP contribution in [-0.4, -0.2) is 34.4 Å². The molecule has 1 saturated carbocycles. The lowest BCUT2D eigenvalue weighted by Gasteiger charge is -2.19. The van der Waals surface area contributed by atoms with E-state index in [1.54, 1.807) is 25.2 Å². The van der Waals surface area contributed by atoms with Crippen LogP contribution < -0.4 is 15.6 Å². The number of nitrogens with zero attached hydrogens (tertiary/aromatic N) is 2. The number of carbonyl (C=O) groups is 1. The molecule has 1 aliphatic carbocycles. The van der Waals surface area contributed by atoms with Gasteiger partial charge >= 0.3 is 0 Å². The highest BCUT2D eigenvalue weighted by Gasteiger charge is 2.24. The van der Waals surface area contributed by atoms with E-state index >= 15 is 0 Å².